The monoisotopic (exact) mass is 224 g/mol. The van der Waals surface area contributed by atoms with Gasteiger partial charge < -0.3 is 5.32 Å². The highest BCUT2D eigenvalue weighted by Crippen LogP contribution is 2.28. The topological polar surface area (TPSA) is 24.9 Å². The van der Waals surface area contributed by atoms with E-state index in [0.29, 0.717) is 12.1 Å². The van der Waals surface area contributed by atoms with Gasteiger partial charge in [-0.3, -0.25) is 0 Å². The fraction of sp³-hybridized carbons (Fsp3) is 0.750. The summed E-state index contributed by atoms with van der Waals surface area (Å²) >= 11 is 1.74. The van der Waals surface area contributed by atoms with Gasteiger partial charge >= 0.3 is 0 Å². The molecule has 84 valence electrons. The molecule has 0 spiro atoms. The zero-order valence-corrected chi connectivity index (χ0v) is 10.4. The molecule has 0 aliphatic heterocycles. The van der Waals surface area contributed by atoms with Crippen LogP contribution in [-0.4, -0.2) is 11.0 Å². The normalized spacial score (nSPS) is 21.7. The summed E-state index contributed by atoms with van der Waals surface area (Å²) in [5.74, 6) is 0.882. The summed E-state index contributed by atoms with van der Waals surface area (Å²) in [5.41, 5.74) is 0. The van der Waals surface area contributed by atoms with E-state index in [4.69, 9.17) is 0 Å². The van der Waals surface area contributed by atoms with Gasteiger partial charge in [0, 0.05) is 17.6 Å². The second-order valence-corrected chi connectivity index (χ2v) is 5.52. The summed E-state index contributed by atoms with van der Waals surface area (Å²) in [4.78, 5) is 4.35. The molecule has 2 nitrogen and oxygen atoms in total. The minimum Gasteiger partial charge on any atom is -0.305 e. The molecule has 1 unspecified atom stereocenters. The largest absolute Gasteiger partial charge is 0.305 e. The second kappa shape index (κ2) is 5.08. The van der Waals surface area contributed by atoms with Crippen molar-refractivity contribution in [2.24, 2.45) is 5.92 Å². The molecule has 1 N–H and O–H groups in total. The van der Waals surface area contributed by atoms with Crippen LogP contribution in [0.2, 0.25) is 0 Å². The van der Waals surface area contributed by atoms with Crippen LogP contribution in [0, 0.1) is 5.92 Å². The first kappa shape index (κ1) is 11.1. The van der Waals surface area contributed by atoms with E-state index < -0.39 is 0 Å². The van der Waals surface area contributed by atoms with Crippen molar-refractivity contribution >= 4 is 11.3 Å². The lowest BCUT2D eigenvalue weighted by molar-refractivity contribution is 0.352. The fourth-order valence-electron chi connectivity index (χ4n) is 2.51. The Kier molecular flexibility index (Phi) is 3.76. The maximum absolute atomic E-state index is 4.35. The molecule has 3 heteroatoms. The van der Waals surface area contributed by atoms with Gasteiger partial charge in [0.05, 0.1) is 6.04 Å². The zero-order chi connectivity index (χ0) is 10.7. The molecule has 1 heterocycles. The Hall–Kier alpha value is -0.410. The predicted molar refractivity (Wildman–Crippen MR) is 65.1 cm³/mol. The quantitative estimate of drug-likeness (QED) is 0.848. The first-order valence-corrected chi connectivity index (χ1v) is 6.81. The number of thiazole rings is 1. The van der Waals surface area contributed by atoms with E-state index in [-0.39, 0.29) is 0 Å². The van der Waals surface area contributed by atoms with Gasteiger partial charge in [-0.05, 0) is 32.6 Å². The molecule has 0 bridgehead atoms. The summed E-state index contributed by atoms with van der Waals surface area (Å²) in [6.45, 7) is 4.53. The van der Waals surface area contributed by atoms with E-state index in [0.717, 1.165) is 5.92 Å². The minimum atomic E-state index is 0.403. The molecule has 1 aromatic heterocycles. The highest BCUT2D eigenvalue weighted by molar-refractivity contribution is 7.09. The van der Waals surface area contributed by atoms with Crippen molar-refractivity contribution in [3.8, 4) is 0 Å². The Morgan fingerprint density at radius 1 is 1.40 bits per heavy atom. The maximum atomic E-state index is 4.35. The molecular weight excluding hydrogens is 204 g/mol. The number of hydrogen-bond acceptors (Lipinski definition) is 3. The van der Waals surface area contributed by atoms with Crippen molar-refractivity contribution < 1.29 is 0 Å². The van der Waals surface area contributed by atoms with Gasteiger partial charge in [-0.25, -0.2) is 4.98 Å². The number of aromatic nitrogens is 1. The summed E-state index contributed by atoms with van der Waals surface area (Å²) in [6, 6.07) is 1.03. The number of nitrogens with zero attached hydrogens (tertiary/aromatic N) is 1. The van der Waals surface area contributed by atoms with Crippen molar-refractivity contribution in [1.29, 1.82) is 0 Å². The van der Waals surface area contributed by atoms with Crippen LogP contribution >= 0.6 is 11.3 Å². The highest BCUT2D eigenvalue weighted by Gasteiger charge is 2.23. The number of nitrogens with one attached hydrogen (secondary N) is 1. The molecule has 1 aromatic rings. The van der Waals surface area contributed by atoms with Gasteiger partial charge in [-0.2, -0.15) is 0 Å². The highest BCUT2D eigenvalue weighted by atomic mass is 32.1. The second-order valence-electron chi connectivity index (χ2n) is 4.59. The Balaban J connectivity index is 1.85. The van der Waals surface area contributed by atoms with Crippen LogP contribution in [-0.2, 0) is 0 Å². The van der Waals surface area contributed by atoms with E-state index >= 15 is 0 Å². The van der Waals surface area contributed by atoms with Crippen LogP contribution in [0.1, 0.15) is 50.6 Å². The number of rotatable bonds is 4. The van der Waals surface area contributed by atoms with Gasteiger partial charge in [-0.1, -0.05) is 12.8 Å². The molecule has 0 aromatic carbocycles. The van der Waals surface area contributed by atoms with Crippen molar-refractivity contribution in [3.63, 3.8) is 0 Å². The Bertz CT molecular complexity index is 278. The molecule has 1 saturated carbocycles. The lowest BCUT2D eigenvalue weighted by atomic mass is 9.99. The Labute approximate surface area is 96.1 Å². The summed E-state index contributed by atoms with van der Waals surface area (Å²) in [5, 5.41) is 6.93. The van der Waals surface area contributed by atoms with Crippen molar-refractivity contribution in [2.75, 3.05) is 0 Å². The Morgan fingerprint density at radius 3 is 2.73 bits per heavy atom. The van der Waals surface area contributed by atoms with Crippen LogP contribution in [0.25, 0.3) is 0 Å². The van der Waals surface area contributed by atoms with Crippen LogP contribution in [0.3, 0.4) is 0 Å². The van der Waals surface area contributed by atoms with Crippen molar-refractivity contribution in [3.05, 3.63) is 16.6 Å². The third kappa shape index (κ3) is 2.79. The smallest absolute Gasteiger partial charge is 0.109 e. The Morgan fingerprint density at radius 2 is 2.13 bits per heavy atom. The van der Waals surface area contributed by atoms with Gasteiger partial charge in [-0.15, -0.1) is 11.3 Å². The number of hydrogen-bond donors (Lipinski definition) is 1. The SMILES string of the molecule is CC(N[C@@H](C)C1CCCC1)c1nccs1. The van der Waals surface area contributed by atoms with E-state index in [9.17, 15) is 0 Å². The maximum Gasteiger partial charge on any atom is 0.109 e. The third-order valence-electron chi connectivity index (χ3n) is 3.44. The minimum absolute atomic E-state index is 0.403. The van der Waals surface area contributed by atoms with Gasteiger partial charge in [0.15, 0.2) is 0 Å². The van der Waals surface area contributed by atoms with E-state index in [1.807, 2.05) is 11.6 Å². The van der Waals surface area contributed by atoms with E-state index in [1.165, 1.54) is 30.7 Å². The van der Waals surface area contributed by atoms with Crippen LogP contribution in [0.5, 0.6) is 0 Å². The summed E-state index contributed by atoms with van der Waals surface area (Å²) in [7, 11) is 0. The third-order valence-corrected chi connectivity index (χ3v) is 4.40. The molecule has 1 aliphatic carbocycles. The summed E-state index contributed by atoms with van der Waals surface area (Å²) < 4.78 is 0. The fourth-order valence-corrected chi connectivity index (χ4v) is 3.16. The van der Waals surface area contributed by atoms with Gasteiger partial charge in [0.25, 0.3) is 0 Å². The average Bonchev–Trinajstić information content (AvgIpc) is 2.91. The molecule has 0 amide bonds. The van der Waals surface area contributed by atoms with Crippen LogP contribution in [0.4, 0.5) is 0 Å². The molecule has 0 radical (unpaired) electrons. The summed E-state index contributed by atoms with van der Waals surface area (Å²) in [6.07, 6.45) is 7.53. The van der Waals surface area contributed by atoms with Crippen molar-refractivity contribution in [2.45, 2.75) is 51.6 Å². The van der Waals surface area contributed by atoms with Gasteiger partial charge in [0.1, 0.15) is 5.01 Å². The average molecular weight is 224 g/mol. The lowest BCUT2D eigenvalue weighted by Crippen LogP contribution is -2.34. The van der Waals surface area contributed by atoms with Crippen LogP contribution < -0.4 is 5.32 Å². The molecule has 15 heavy (non-hydrogen) atoms. The molecule has 2 atom stereocenters. The zero-order valence-electron chi connectivity index (χ0n) is 9.57. The molecular formula is C12H20N2S. The van der Waals surface area contributed by atoms with Gasteiger partial charge in [0.2, 0.25) is 0 Å². The van der Waals surface area contributed by atoms with Crippen LogP contribution in [0.15, 0.2) is 11.6 Å². The van der Waals surface area contributed by atoms with Crippen molar-refractivity contribution in [1.82, 2.24) is 10.3 Å². The molecule has 0 saturated heterocycles. The molecule has 1 aliphatic rings. The molecule has 2 rings (SSSR count). The first-order chi connectivity index (χ1) is 7.27. The predicted octanol–water partition coefficient (Wildman–Crippen LogP) is 3.37. The van der Waals surface area contributed by atoms with E-state index in [2.05, 4.69) is 24.1 Å². The van der Waals surface area contributed by atoms with E-state index in [1.54, 1.807) is 11.3 Å². The molecule has 1 fully saturated rings. The first-order valence-electron chi connectivity index (χ1n) is 5.93. The lowest BCUT2D eigenvalue weighted by Gasteiger charge is -2.23. The standard InChI is InChI=1S/C12H20N2S/c1-9(11-5-3-4-6-11)14-10(2)12-13-7-8-15-12/h7-11,14H,3-6H2,1-2H3/t9-,10?/m0/s1.